The maximum absolute atomic E-state index is 13.3. The lowest BCUT2D eigenvalue weighted by molar-refractivity contribution is -0.140. The third kappa shape index (κ3) is 4.36. The van der Waals surface area contributed by atoms with E-state index in [1.54, 1.807) is 11.0 Å². The van der Waals surface area contributed by atoms with Crippen molar-refractivity contribution < 1.29 is 24.2 Å². The summed E-state index contributed by atoms with van der Waals surface area (Å²) in [6, 6.07) is 12.8. The number of carbonyl (C=O) groups is 2. The molecule has 6 heteroatoms. The van der Waals surface area contributed by atoms with E-state index in [0.717, 1.165) is 41.7 Å². The van der Waals surface area contributed by atoms with Crippen molar-refractivity contribution in [3.8, 4) is 5.75 Å². The molecule has 0 unspecified atom stereocenters. The van der Waals surface area contributed by atoms with Crippen molar-refractivity contribution >= 4 is 17.4 Å². The summed E-state index contributed by atoms with van der Waals surface area (Å²) in [6.07, 6.45) is 2.49. The molecule has 3 heterocycles. The van der Waals surface area contributed by atoms with Crippen LogP contribution < -0.4 is 4.74 Å². The molecule has 6 nitrogen and oxygen atoms in total. The molecule has 0 saturated carbocycles. The van der Waals surface area contributed by atoms with E-state index in [4.69, 9.17) is 9.47 Å². The van der Waals surface area contributed by atoms with Crippen LogP contribution in [0.15, 0.2) is 48.0 Å². The number of nitrogens with zero attached hydrogens (tertiary/aromatic N) is 1. The lowest BCUT2D eigenvalue weighted by Gasteiger charge is -2.28. The van der Waals surface area contributed by atoms with Crippen LogP contribution in [0.3, 0.4) is 0 Å². The predicted molar refractivity (Wildman–Crippen MR) is 133 cm³/mol. The van der Waals surface area contributed by atoms with E-state index in [0.29, 0.717) is 18.7 Å². The Hall–Kier alpha value is -3.12. The zero-order valence-electron chi connectivity index (χ0n) is 20.8. The van der Waals surface area contributed by atoms with Crippen molar-refractivity contribution in [3.05, 3.63) is 70.3 Å². The highest BCUT2D eigenvalue weighted by molar-refractivity contribution is 6.46. The molecule has 2 aromatic rings. The molecule has 1 N–H and O–H groups in total. The highest BCUT2D eigenvalue weighted by Gasteiger charge is 2.47. The minimum Gasteiger partial charge on any atom is -0.507 e. The van der Waals surface area contributed by atoms with Crippen LogP contribution in [0.5, 0.6) is 5.75 Å². The fourth-order valence-electron chi connectivity index (χ4n) is 5.31. The number of carbonyl (C=O) groups excluding carboxylic acids is 2. The monoisotopic (exact) mass is 475 g/mol. The van der Waals surface area contributed by atoms with Gasteiger partial charge in [0.25, 0.3) is 11.7 Å². The summed E-state index contributed by atoms with van der Waals surface area (Å²) < 4.78 is 11.6. The molecular weight excluding hydrogens is 442 g/mol. The summed E-state index contributed by atoms with van der Waals surface area (Å²) in [6.45, 7) is 9.41. The highest BCUT2D eigenvalue weighted by Crippen LogP contribution is 2.41. The van der Waals surface area contributed by atoms with Crippen LogP contribution >= 0.6 is 0 Å². The number of hydrogen-bond donors (Lipinski definition) is 1. The number of ketones is 1. The first-order valence-corrected chi connectivity index (χ1v) is 12.4. The fourth-order valence-corrected chi connectivity index (χ4v) is 5.31. The summed E-state index contributed by atoms with van der Waals surface area (Å²) in [7, 11) is 0. The van der Waals surface area contributed by atoms with Gasteiger partial charge in [0, 0.05) is 25.1 Å². The molecular formula is C29H33NO5. The first-order valence-electron chi connectivity index (χ1n) is 12.4. The van der Waals surface area contributed by atoms with Gasteiger partial charge in [-0.2, -0.15) is 0 Å². The first kappa shape index (κ1) is 23.6. The maximum Gasteiger partial charge on any atom is 0.295 e. The van der Waals surface area contributed by atoms with Crippen molar-refractivity contribution in [3.63, 3.8) is 0 Å². The molecule has 0 radical (unpaired) electrons. The van der Waals surface area contributed by atoms with Crippen molar-refractivity contribution in [1.82, 2.24) is 4.90 Å². The maximum atomic E-state index is 13.3. The van der Waals surface area contributed by atoms with E-state index in [9.17, 15) is 14.7 Å². The van der Waals surface area contributed by atoms with Crippen LogP contribution in [-0.4, -0.2) is 47.1 Å². The van der Waals surface area contributed by atoms with E-state index in [1.165, 1.54) is 0 Å². The molecule has 3 atom stereocenters. The van der Waals surface area contributed by atoms with Gasteiger partial charge >= 0.3 is 0 Å². The van der Waals surface area contributed by atoms with E-state index in [1.807, 2.05) is 43.3 Å². The Labute approximate surface area is 206 Å². The van der Waals surface area contributed by atoms with Crippen molar-refractivity contribution in [1.29, 1.82) is 0 Å². The Kier molecular flexibility index (Phi) is 5.96. The highest BCUT2D eigenvalue weighted by atomic mass is 16.5. The summed E-state index contributed by atoms with van der Waals surface area (Å²) in [5.41, 5.74) is 3.57. The molecule has 2 aromatic carbocycles. The Morgan fingerprint density at radius 1 is 1.11 bits per heavy atom. The van der Waals surface area contributed by atoms with Crippen LogP contribution in [-0.2, 0) is 26.2 Å². The zero-order valence-corrected chi connectivity index (χ0v) is 20.8. The van der Waals surface area contributed by atoms with Gasteiger partial charge in [-0.1, -0.05) is 45.0 Å². The quantitative estimate of drug-likeness (QED) is 0.386. The SMILES string of the molecule is C[C@H]1Cc2cc(C(O)=C3C(=O)C(=O)N(C[C@H]4CCCO4)[C@@H]3c3ccc(C(C)(C)C)cc3)ccc2O1. The minimum atomic E-state index is -0.670. The van der Waals surface area contributed by atoms with Gasteiger partial charge in [0.15, 0.2) is 0 Å². The van der Waals surface area contributed by atoms with E-state index >= 15 is 0 Å². The predicted octanol–water partition coefficient (Wildman–Crippen LogP) is 4.91. The van der Waals surface area contributed by atoms with Gasteiger partial charge in [-0.05, 0) is 60.1 Å². The normalized spacial score (nSPS) is 25.7. The van der Waals surface area contributed by atoms with Crippen LogP contribution in [0.25, 0.3) is 5.76 Å². The van der Waals surface area contributed by atoms with Gasteiger partial charge in [-0.3, -0.25) is 9.59 Å². The summed E-state index contributed by atoms with van der Waals surface area (Å²) in [5, 5.41) is 11.4. The van der Waals surface area contributed by atoms with Gasteiger partial charge in [-0.15, -0.1) is 0 Å². The number of rotatable bonds is 4. The molecule has 0 spiro atoms. The molecule has 0 aromatic heterocycles. The number of ether oxygens (including phenoxy) is 2. The molecule has 1 amide bonds. The Balaban J connectivity index is 1.59. The second-order valence-electron chi connectivity index (χ2n) is 10.9. The van der Waals surface area contributed by atoms with Gasteiger partial charge in [-0.25, -0.2) is 0 Å². The Morgan fingerprint density at radius 2 is 1.86 bits per heavy atom. The molecule has 3 aliphatic heterocycles. The molecule has 0 aliphatic carbocycles. The van der Waals surface area contributed by atoms with Crippen LogP contribution in [0.2, 0.25) is 0 Å². The topological polar surface area (TPSA) is 76.1 Å². The Bertz CT molecular complexity index is 1180. The number of benzene rings is 2. The second kappa shape index (κ2) is 8.83. The van der Waals surface area contributed by atoms with Crippen LogP contribution in [0, 0.1) is 0 Å². The van der Waals surface area contributed by atoms with Gasteiger partial charge in [0.1, 0.15) is 17.6 Å². The third-order valence-electron chi connectivity index (χ3n) is 7.23. The zero-order chi connectivity index (χ0) is 24.9. The van der Waals surface area contributed by atoms with Crippen molar-refractivity contribution in [2.24, 2.45) is 0 Å². The van der Waals surface area contributed by atoms with E-state index < -0.39 is 17.7 Å². The number of hydrogen-bond acceptors (Lipinski definition) is 5. The Morgan fingerprint density at radius 3 is 2.51 bits per heavy atom. The first-order chi connectivity index (χ1) is 16.6. The molecule has 3 aliphatic rings. The van der Waals surface area contributed by atoms with Crippen molar-refractivity contribution in [2.45, 2.75) is 70.6 Å². The largest absolute Gasteiger partial charge is 0.507 e. The summed E-state index contributed by atoms with van der Waals surface area (Å²) in [4.78, 5) is 28.1. The smallest absolute Gasteiger partial charge is 0.295 e. The van der Waals surface area contributed by atoms with Crippen molar-refractivity contribution in [2.75, 3.05) is 13.2 Å². The second-order valence-corrected chi connectivity index (χ2v) is 10.9. The number of aliphatic hydroxyl groups excluding tert-OH is 1. The van der Waals surface area contributed by atoms with Gasteiger partial charge < -0.3 is 19.5 Å². The van der Waals surface area contributed by atoms with Gasteiger partial charge in [0.2, 0.25) is 0 Å². The lowest BCUT2D eigenvalue weighted by Crippen LogP contribution is -2.36. The average molecular weight is 476 g/mol. The molecule has 2 saturated heterocycles. The van der Waals surface area contributed by atoms with Crippen LogP contribution in [0.4, 0.5) is 0 Å². The standard InChI is InChI=1S/C29H33NO5/c1-17-14-20-15-19(9-12-23(20)35-17)26(31)24-25(18-7-10-21(11-8-18)29(2,3)4)30(28(33)27(24)32)16-22-6-5-13-34-22/h7-12,15,17,22,25,31H,5-6,13-14,16H2,1-4H3/t17-,22+,25+/m0/s1. The van der Waals surface area contributed by atoms with E-state index in [-0.39, 0.29) is 29.0 Å². The summed E-state index contributed by atoms with van der Waals surface area (Å²) in [5.74, 6) is -0.604. The molecule has 5 rings (SSSR count). The number of fused-ring (bicyclic) bond motifs is 1. The molecule has 35 heavy (non-hydrogen) atoms. The minimum absolute atomic E-state index is 0.0261. The number of Topliss-reactive ketones (excluding diaryl/α,β-unsaturated/α-hetero) is 1. The third-order valence-corrected chi connectivity index (χ3v) is 7.23. The number of aliphatic hydroxyl groups is 1. The lowest BCUT2D eigenvalue weighted by atomic mass is 9.85. The van der Waals surface area contributed by atoms with Crippen LogP contribution in [0.1, 0.15) is 68.8 Å². The molecule has 184 valence electrons. The summed E-state index contributed by atoms with van der Waals surface area (Å²) >= 11 is 0. The molecule has 2 fully saturated rings. The van der Waals surface area contributed by atoms with E-state index in [2.05, 4.69) is 20.8 Å². The number of amides is 1. The average Bonchev–Trinajstić information content (AvgIpc) is 3.52. The fraction of sp³-hybridized carbons (Fsp3) is 0.448. The number of likely N-dealkylation sites (tertiary alicyclic amines) is 1. The van der Waals surface area contributed by atoms with Gasteiger partial charge in [0.05, 0.1) is 17.7 Å². The molecule has 0 bridgehead atoms.